The quantitative estimate of drug-likeness (QED) is 0.771. The number of rotatable bonds is 2. The molecule has 0 aromatic carbocycles. The molecule has 2 heteroatoms. The van der Waals surface area contributed by atoms with E-state index in [1.165, 1.54) is 71.1 Å². The summed E-state index contributed by atoms with van der Waals surface area (Å²) < 4.78 is 0. The van der Waals surface area contributed by atoms with Gasteiger partial charge in [0.2, 0.25) is 0 Å². The van der Waals surface area contributed by atoms with Crippen molar-refractivity contribution in [2.24, 2.45) is 11.8 Å². The zero-order valence-corrected chi connectivity index (χ0v) is 10.5. The zero-order valence-electron chi connectivity index (χ0n) is 10.5. The van der Waals surface area contributed by atoms with Gasteiger partial charge in [0.15, 0.2) is 0 Å². The molecule has 1 saturated carbocycles. The third-order valence-electron chi connectivity index (χ3n) is 5.01. The van der Waals surface area contributed by atoms with Crippen LogP contribution in [0, 0.1) is 11.8 Å². The smallest absolute Gasteiger partial charge is 0.0124 e. The second-order valence-corrected chi connectivity index (χ2v) is 6.11. The molecule has 3 atom stereocenters. The molecule has 3 unspecified atom stereocenters. The third-order valence-corrected chi connectivity index (χ3v) is 5.01. The monoisotopic (exact) mass is 222 g/mol. The van der Waals surface area contributed by atoms with Crippen molar-refractivity contribution in [1.82, 2.24) is 10.2 Å². The summed E-state index contributed by atoms with van der Waals surface area (Å²) in [5.41, 5.74) is 0. The van der Waals surface area contributed by atoms with Crippen molar-refractivity contribution in [2.45, 2.75) is 51.0 Å². The molecule has 2 saturated heterocycles. The lowest BCUT2D eigenvalue weighted by Gasteiger charge is -2.45. The van der Waals surface area contributed by atoms with Crippen molar-refractivity contribution in [3.63, 3.8) is 0 Å². The molecule has 0 aromatic rings. The van der Waals surface area contributed by atoms with Crippen molar-refractivity contribution < 1.29 is 0 Å². The fourth-order valence-corrected chi connectivity index (χ4v) is 4.16. The Morgan fingerprint density at radius 2 is 1.88 bits per heavy atom. The van der Waals surface area contributed by atoms with E-state index in [9.17, 15) is 0 Å². The van der Waals surface area contributed by atoms with Crippen LogP contribution in [-0.4, -0.2) is 37.1 Å². The predicted molar refractivity (Wildman–Crippen MR) is 67.5 cm³/mol. The highest BCUT2D eigenvalue weighted by atomic mass is 15.2. The molecule has 1 aliphatic carbocycles. The molecule has 2 nitrogen and oxygen atoms in total. The summed E-state index contributed by atoms with van der Waals surface area (Å²) in [6, 6.07) is 0.961. The minimum Gasteiger partial charge on any atom is -0.316 e. The van der Waals surface area contributed by atoms with E-state index in [0.717, 1.165) is 17.9 Å². The van der Waals surface area contributed by atoms with Gasteiger partial charge in [-0.1, -0.05) is 12.8 Å². The highest BCUT2D eigenvalue weighted by molar-refractivity contribution is 4.89. The SMILES string of the molecule is C1CCC2C(C1)CCCN2CC1CCNC1. The van der Waals surface area contributed by atoms with E-state index >= 15 is 0 Å². The van der Waals surface area contributed by atoms with Crippen LogP contribution in [0.5, 0.6) is 0 Å². The fraction of sp³-hybridized carbons (Fsp3) is 1.00. The number of likely N-dealkylation sites (tertiary alicyclic amines) is 1. The van der Waals surface area contributed by atoms with Crippen LogP contribution in [0.1, 0.15) is 44.9 Å². The van der Waals surface area contributed by atoms with Gasteiger partial charge in [-0.15, -0.1) is 0 Å². The molecular formula is C14H26N2. The number of nitrogens with zero attached hydrogens (tertiary/aromatic N) is 1. The molecular weight excluding hydrogens is 196 g/mol. The minimum absolute atomic E-state index is 0.945. The summed E-state index contributed by atoms with van der Waals surface area (Å²) in [4.78, 5) is 2.85. The van der Waals surface area contributed by atoms with E-state index in [1.807, 2.05) is 0 Å². The Labute approximate surface area is 99.8 Å². The van der Waals surface area contributed by atoms with Crippen molar-refractivity contribution in [3.05, 3.63) is 0 Å². The molecule has 0 aromatic heterocycles. The Balaban J connectivity index is 1.59. The molecule has 92 valence electrons. The van der Waals surface area contributed by atoms with E-state index < -0.39 is 0 Å². The molecule has 2 heterocycles. The van der Waals surface area contributed by atoms with E-state index in [1.54, 1.807) is 0 Å². The topological polar surface area (TPSA) is 15.3 Å². The van der Waals surface area contributed by atoms with Gasteiger partial charge in [-0.05, 0) is 63.6 Å². The van der Waals surface area contributed by atoms with Crippen LogP contribution in [0.25, 0.3) is 0 Å². The predicted octanol–water partition coefficient (Wildman–Crippen LogP) is 2.25. The summed E-state index contributed by atoms with van der Waals surface area (Å²) in [7, 11) is 0. The van der Waals surface area contributed by atoms with E-state index in [-0.39, 0.29) is 0 Å². The van der Waals surface area contributed by atoms with Gasteiger partial charge in [-0.3, -0.25) is 4.90 Å². The van der Waals surface area contributed by atoms with Gasteiger partial charge in [0.1, 0.15) is 0 Å². The van der Waals surface area contributed by atoms with Crippen molar-refractivity contribution in [3.8, 4) is 0 Å². The van der Waals surface area contributed by atoms with Gasteiger partial charge >= 0.3 is 0 Å². The van der Waals surface area contributed by atoms with Crippen LogP contribution in [-0.2, 0) is 0 Å². The maximum Gasteiger partial charge on any atom is 0.0124 e. The largest absolute Gasteiger partial charge is 0.316 e. The van der Waals surface area contributed by atoms with Gasteiger partial charge < -0.3 is 5.32 Å². The van der Waals surface area contributed by atoms with Crippen LogP contribution >= 0.6 is 0 Å². The number of nitrogens with one attached hydrogen (secondary N) is 1. The van der Waals surface area contributed by atoms with Gasteiger partial charge in [0.05, 0.1) is 0 Å². The number of hydrogen-bond donors (Lipinski definition) is 1. The first kappa shape index (κ1) is 11.0. The normalized spacial score (nSPS) is 40.9. The molecule has 0 amide bonds. The maximum absolute atomic E-state index is 3.51. The van der Waals surface area contributed by atoms with Crippen molar-refractivity contribution >= 4 is 0 Å². The van der Waals surface area contributed by atoms with Crippen LogP contribution in [0.4, 0.5) is 0 Å². The molecule has 16 heavy (non-hydrogen) atoms. The Morgan fingerprint density at radius 1 is 1.00 bits per heavy atom. The second-order valence-electron chi connectivity index (χ2n) is 6.11. The Hall–Kier alpha value is -0.0800. The molecule has 0 spiro atoms. The average Bonchev–Trinajstić information content (AvgIpc) is 2.82. The van der Waals surface area contributed by atoms with Crippen LogP contribution in [0.3, 0.4) is 0 Å². The molecule has 3 aliphatic rings. The summed E-state index contributed by atoms with van der Waals surface area (Å²) in [6.07, 6.45) is 10.4. The molecule has 3 fully saturated rings. The highest BCUT2D eigenvalue weighted by Gasteiger charge is 2.34. The minimum atomic E-state index is 0.945. The third kappa shape index (κ3) is 2.28. The number of hydrogen-bond acceptors (Lipinski definition) is 2. The Kier molecular flexibility index (Phi) is 3.49. The summed E-state index contributed by atoms with van der Waals surface area (Å²) in [5.74, 6) is 2.00. The lowest BCUT2D eigenvalue weighted by atomic mass is 9.78. The van der Waals surface area contributed by atoms with Crippen molar-refractivity contribution in [2.75, 3.05) is 26.2 Å². The van der Waals surface area contributed by atoms with Crippen LogP contribution in [0.15, 0.2) is 0 Å². The Morgan fingerprint density at radius 3 is 2.75 bits per heavy atom. The van der Waals surface area contributed by atoms with Crippen LogP contribution < -0.4 is 5.32 Å². The maximum atomic E-state index is 3.51. The second kappa shape index (κ2) is 5.05. The first-order chi connectivity index (χ1) is 7.93. The first-order valence-electron chi connectivity index (χ1n) is 7.38. The van der Waals surface area contributed by atoms with Gasteiger partial charge in [0, 0.05) is 12.6 Å². The number of fused-ring (bicyclic) bond motifs is 1. The molecule has 0 radical (unpaired) electrons. The van der Waals surface area contributed by atoms with Crippen molar-refractivity contribution in [1.29, 1.82) is 0 Å². The van der Waals surface area contributed by atoms with Gasteiger partial charge in [-0.2, -0.15) is 0 Å². The number of piperidine rings is 1. The van der Waals surface area contributed by atoms with E-state index in [4.69, 9.17) is 0 Å². The van der Waals surface area contributed by atoms with E-state index in [2.05, 4.69) is 10.2 Å². The van der Waals surface area contributed by atoms with Gasteiger partial charge in [-0.25, -0.2) is 0 Å². The molecule has 3 rings (SSSR count). The first-order valence-corrected chi connectivity index (χ1v) is 7.38. The Bertz CT molecular complexity index is 221. The summed E-state index contributed by atoms with van der Waals surface area (Å²) in [5, 5.41) is 3.51. The zero-order chi connectivity index (χ0) is 10.8. The average molecular weight is 222 g/mol. The van der Waals surface area contributed by atoms with E-state index in [0.29, 0.717) is 0 Å². The highest BCUT2D eigenvalue weighted by Crippen LogP contribution is 2.35. The standard InChI is InChI=1S/C14H26N2/c1-2-6-14-13(4-1)5-3-9-16(14)11-12-7-8-15-10-12/h12-15H,1-11H2. The molecule has 1 N–H and O–H groups in total. The summed E-state index contributed by atoms with van der Waals surface area (Å²) >= 11 is 0. The molecule has 0 bridgehead atoms. The lowest BCUT2D eigenvalue weighted by molar-refractivity contribution is 0.0501. The lowest BCUT2D eigenvalue weighted by Crippen LogP contribution is -2.48. The van der Waals surface area contributed by atoms with Gasteiger partial charge in [0.25, 0.3) is 0 Å². The summed E-state index contributed by atoms with van der Waals surface area (Å²) in [6.45, 7) is 5.30. The molecule has 2 aliphatic heterocycles. The fourth-order valence-electron chi connectivity index (χ4n) is 4.16. The van der Waals surface area contributed by atoms with Crippen LogP contribution in [0.2, 0.25) is 0 Å².